The quantitative estimate of drug-likeness (QED) is 0.644. The molecule has 2 aromatic carbocycles. The lowest BCUT2D eigenvalue weighted by molar-refractivity contribution is -0.121. The second-order valence-electron chi connectivity index (χ2n) is 5.57. The fourth-order valence-corrected chi connectivity index (χ4v) is 2.67. The highest BCUT2D eigenvalue weighted by Gasteiger charge is 2.23. The molecule has 0 unspecified atom stereocenters. The van der Waals surface area contributed by atoms with E-state index in [-0.39, 0.29) is 17.1 Å². The van der Waals surface area contributed by atoms with Gasteiger partial charge in [0.15, 0.2) is 18.1 Å². The van der Waals surface area contributed by atoms with Gasteiger partial charge in [-0.1, -0.05) is 0 Å². The maximum Gasteiger partial charge on any atom is 0.342 e. The summed E-state index contributed by atoms with van der Waals surface area (Å²) in [6, 6.07) is 8.48. The van der Waals surface area contributed by atoms with E-state index >= 15 is 0 Å². The van der Waals surface area contributed by atoms with Gasteiger partial charge in [0, 0.05) is 12.2 Å². The van der Waals surface area contributed by atoms with Crippen molar-refractivity contribution in [2.75, 3.05) is 39.4 Å². The largest absolute Gasteiger partial charge is 0.493 e. The monoisotopic (exact) mass is 391 g/mol. The zero-order chi connectivity index (χ0) is 20.7. The van der Waals surface area contributed by atoms with E-state index in [1.54, 1.807) is 6.92 Å². The molecule has 0 bridgehead atoms. The standard InChI is InChI=1S/C20H22FNO6/c1-5-22(14-8-6-13(21)7-9-14)17(23)12-28-20(24)15-10-11-16(25-2)19(27-4)18(15)26-3/h6-11H,5,12H2,1-4H3. The molecule has 7 nitrogen and oxygen atoms in total. The molecule has 0 heterocycles. The van der Waals surface area contributed by atoms with Gasteiger partial charge in [-0.05, 0) is 43.3 Å². The average Bonchev–Trinajstić information content (AvgIpc) is 2.72. The average molecular weight is 391 g/mol. The summed E-state index contributed by atoms with van der Waals surface area (Å²) in [6.45, 7) is 1.61. The number of carbonyl (C=O) groups excluding carboxylic acids is 2. The highest BCUT2D eigenvalue weighted by molar-refractivity contribution is 5.98. The van der Waals surface area contributed by atoms with Crippen LogP contribution in [0.5, 0.6) is 17.2 Å². The number of amides is 1. The second-order valence-corrected chi connectivity index (χ2v) is 5.57. The highest BCUT2D eigenvalue weighted by Crippen LogP contribution is 2.39. The molecule has 0 saturated heterocycles. The van der Waals surface area contributed by atoms with E-state index < -0.39 is 24.3 Å². The maximum atomic E-state index is 13.1. The third-order valence-corrected chi connectivity index (χ3v) is 4.01. The molecule has 0 fully saturated rings. The summed E-state index contributed by atoms with van der Waals surface area (Å²) in [6.07, 6.45) is 0. The van der Waals surface area contributed by atoms with Crippen LogP contribution in [0.25, 0.3) is 0 Å². The molecule has 150 valence electrons. The van der Waals surface area contributed by atoms with Crippen molar-refractivity contribution in [3.8, 4) is 17.2 Å². The van der Waals surface area contributed by atoms with Gasteiger partial charge in [0.25, 0.3) is 5.91 Å². The normalized spacial score (nSPS) is 10.2. The molecule has 0 aliphatic carbocycles. The van der Waals surface area contributed by atoms with E-state index in [0.29, 0.717) is 18.0 Å². The number of nitrogens with zero attached hydrogens (tertiary/aromatic N) is 1. The number of hydrogen-bond acceptors (Lipinski definition) is 6. The molecule has 28 heavy (non-hydrogen) atoms. The predicted octanol–water partition coefficient (Wildman–Crippen LogP) is 3.06. The third kappa shape index (κ3) is 4.51. The van der Waals surface area contributed by atoms with Gasteiger partial charge >= 0.3 is 5.97 Å². The SMILES string of the molecule is CCN(C(=O)COC(=O)c1ccc(OC)c(OC)c1OC)c1ccc(F)cc1. The number of rotatable bonds is 8. The molecular weight excluding hydrogens is 369 g/mol. The number of anilines is 1. The van der Waals surface area contributed by atoms with Crippen molar-refractivity contribution in [2.24, 2.45) is 0 Å². The van der Waals surface area contributed by atoms with Gasteiger partial charge in [-0.2, -0.15) is 0 Å². The van der Waals surface area contributed by atoms with Gasteiger partial charge in [-0.25, -0.2) is 9.18 Å². The fraction of sp³-hybridized carbons (Fsp3) is 0.300. The Hall–Kier alpha value is -3.29. The summed E-state index contributed by atoms with van der Waals surface area (Å²) in [5.74, 6) is -0.819. The first-order chi connectivity index (χ1) is 13.5. The lowest BCUT2D eigenvalue weighted by Crippen LogP contribution is -2.34. The lowest BCUT2D eigenvalue weighted by atomic mass is 10.1. The Kier molecular flexibility index (Phi) is 7.20. The zero-order valence-electron chi connectivity index (χ0n) is 16.2. The Balaban J connectivity index is 2.14. The molecule has 1 amide bonds. The van der Waals surface area contributed by atoms with Crippen LogP contribution >= 0.6 is 0 Å². The van der Waals surface area contributed by atoms with E-state index in [4.69, 9.17) is 18.9 Å². The molecule has 0 atom stereocenters. The third-order valence-electron chi connectivity index (χ3n) is 4.01. The minimum absolute atomic E-state index is 0.0952. The summed E-state index contributed by atoms with van der Waals surface area (Å²) in [4.78, 5) is 26.3. The highest BCUT2D eigenvalue weighted by atomic mass is 19.1. The summed E-state index contributed by atoms with van der Waals surface area (Å²) in [5.41, 5.74) is 0.603. The van der Waals surface area contributed by atoms with Crippen LogP contribution in [-0.2, 0) is 9.53 Å². The Morgan fingerprint density at radius 3 is 2.11 bits per heavy atom. The van der Waals surface area contributed by atoms with Crippen molar-refractivity contribution >= 4 is 17.6 Å². The van der Waals surface area contributed by atoms with Gasteiger partial charge in [0.05, 0.1) is 21.3 Å². The van der Waals surface area contributed by atoms with Crippen molar-refractivity contribution in [2.45, 2.75) is 6.92 Å². The van der Waals surface area contributed by atoms with Crippen molar-refractivity contribution in [1.82, 2.24) is 0 Å². The number of methoxy groups -OCH3 is 3. The molecule has 8 heteroatoms. The van der Waals surface area contributed by atoms with Gasteiger partial charge < -0.3 is 23.8 Å². The van der Waals surface area contributed by atoms with Crippen molar-refractivity contribution in [1.29, 1.82) is 0 Å². The van der Waals surface area contributed by atoms with Gasteiger partial charge in [0.2, 0.25) is 5.75 Å². The summed E-state index contributed by atoms with van der Waals surface area (Å²) in [7, 11) is 4.26. The molecule has 0 radical (unpaired) electrons. The molecule has 2 rings (SSSR count). The first-order valence-electron chi connectivity index (χ1n) is 8.48. The van der Waals surface area contributed by atoms with Crippen LogP contribution in [0.3, 0.4) is 0 Å². The molecule has 0 N–H and O–H groups in total. The Morgan fingerprint density at radius 2 is 1.57 bits per heavy atom. The van der Waals surface area contributed by atoms with E-state index in [1.807, 2.05) is 0 Å². The topological polar surface area (TPSA) is 74.3 Å². The smallest absolute Gasteiger partial charge is 0.342 e. The molecule has 0 aromatic heterocycles. The van der Waals surface area contributed by atoms with E-state index in [2.05, 4.69) is 0 Å². The number of likely N-dealkylation sites (N-methyl/N-ethyl adjacent to an activating group) is 1. The first-order valence-corrected chi connectivity index (χ1v) is 8.48. The molecule has 0 saturated carbocycles. The van der Waals surface area contributed by atoms with E-state index in [0.717, 1.165) is 0 Å². The summed E-state index contributed by atoms with van der Waals surface area (Å²) < 4.78 is 33.9. The molecular formula is C20H22FNO6. The van der Waals surface area contributed by atoms with Crippen LogP contribution in [0.2, 0.25) is 0 Å². The van der Waals surface area contributed by atoms with Crippen molar-refractivity contribution in [3.63, 3.8) is 0 Å². The van der Waals surface area contributed by atoms with E-state index in [9.17, 15) is 14.0 Å². The maximum absolute atomic E-state index is 13.1. The second kappa shape index (κ2) is 9.59. The number of benzene rings is 2. The van der Waals surface area contributed by atoms with Gasteiger partial charge in [-0.3, -0.25) is 4.79 Å². The first kappa shape index (κ1) is 21.0. The van der Waals surface area contributed by atoms with Gasteiger partial charge in [-0.15, -0.1) is 0 Å². The predicted molar refractivity (Wildman–Crippen MR) is 101 cm³/mol. The van der Waals surface area contributed by atoms with Crippen LogP contribution in [0.4, 0.5) is 10.1 Å². The summed E-state index contributed by atoms with van der Waals surface area (Å²) >= 11 is 0. The number of halogens is 1. The molecule has 2 aromatic rings. The number of ether oxygens (including phenoxy) is 4. The molecule has 0 spiro atoms. The van der Waals surface area contributed by atoms with Crippen LogP contribution in [-0.4, -0.2) is 46.4 Å². The van der Waals surface area contributed by atoms with Crippen LogP contribution < -0.4 is 19.1 Å². The van der Waals surface area contributed by atoms with Crippen LogP contribution in [0, 0.1) is 5.82 Å². The minimum Gasteiger partial charge on any atom is -0.493 e. The number of esters is 1. The van der Waals surface area contributed by atoms with Crippen LogP contribution in [0.15, 0.2) is 36.4 Å². The minimum atomic E-state index is -0.749. The lowest BCUT2D eigenvalue weighted by Gasteiger charge is -2.21. The molecule has 0 aliphatic heterocycles. The van der Waals surface area contributed by atoms with E-state index in [1.165, 1.54) is 62.6 Å². The zero-order valence-corrected chi connectivity index (χ0v) is 16.2. The Bertz CT molecular complexity index is 837. The van der Waals surface area contributed by atoms with Crippen molar-refractivity contribution < 1.29 is 32.9 Å². The van der Waals surface area contributed by atoms with Gasteiger partial charge in [0.1, 0.15) is 11.4 Å². The number of hydrogen-bond donors (Lipinski definition) is 0. The van der Waals surface area contributed by atoms with Crippen molar-refractivity contribution in [3.05, 3.63) is 47.8 Å². The van der Waals surface area contributed by atoms with Crippen LogP contribution in [0.1, 0.15) is 17.3 Å². The summed E-state index contributed by atoms with van der Waals surface area (Å²) in [5, 5.41) is 0. The Labute approximate surface area is 162 Å². The fourth-order valence-electron chi connectivity index (χ4n) is 2.67. The number of carbonyl (C=O) groups is 2. The Morgan fingerprint density at radius 1 is 0.929 bits per heavy atom. The molecule has 0 aliphatic rings.